The van der Waals surface area contributed by atoms with Crippen molar-refractivity contribution in [3.8, 4) is 0 Å². The summed E-state index contributed by atoms with van der Waals surface area (Å²) in [6.45, 7) is 8.11. The third-order valence-corrected chi connectivity index (χ3v) is 1.97. The maximum Gasteiger partial charge on any atom is 0.121 e. The Morgan fingerprint density at radius 1 is 1.42 bits per heavy atom. The van der Waals surface area contributed by atoms with Crippen LogP contribution in [0.5, 0.6) is 0 Å². The van der Waals surface area contributed by atoms with Crippen LogP contribution >= 0.6 is 0 Å². The minimum atomic E-state index is 0.894. The first kappa shape index (κ1) is 9.04. The standard InChI is InChI=1S/C10H16N2/c1-3-4-7-11-10(2)12-8-5-6-9-12/h3-4,7H,2,5-6,8-9H2,1H3/b4-3-,11-7?. The van der Waals surface area contributed by atoms with Crippen LogP contribution in [0.1, 0.15) is 19.8 Å². The van der Waals surface area contributed by atoms with E-state index in [9.17, 15) is 0 Å². The van der Waals surface area contributed by atoms with Crippen molar-refractivity contribution in [1.82, 2.24) is 4.90 Å². The van der Waals surface area contributed by atoms with Crippen LogP contribution in [0.4, 0.5) is 0 Å². The van der Waals surface area contributed by atoms with Gasteiger partial charge in [-0.2, -0.15) is 0 Å². The van der Waals surface area contributed by atoms with Gasteiger partial charge >= 0.3 is 0 Å². The molecule has 1 saturated heterocycles. The fourth-order valence-electron chi connectivity index (χ4n) is 1.27. The molecule has 0 N–H and O–H groups in total. The van der Waals surface area contributed by atoms with Crippen molar-refractivity contribution < 1.29 is 0 Å². The predicted octanol–water partition coefficient (Wildman–Crippen LogP) is 2.20. The predicted molar refractivity (Wildman–Crippen MR) is 53.3 cm³/mol. The van der Waals surface area contributed by atoms with Crippen molar-refractivity contribution in [2.24, 2.45) is 4.99 Å². The molecule has 0 radical (unpaired) electrons. The Bertz CT molecular complexity index is 198. The molecule has 0 atom stereocenters. The van der Waals surface area contributed by atoms with Gasteiger partial charge in [-0.05, 0) is 25.8 Å². The second-order valence-electron chi connectivity index (χ2n) is 2.91. The number of rotatable bonds is 3. The second kappa shape index (κ2) is 4.75. The first-order valence-corrected chi connectivity index (χ1v) is 4.44. The molecular formula is C10H16N2. The molecule has 1 heterocycles. The smallest absolute Gasteiger partial charge is 0.121 e. The Kier molecular flexibility index (Phi) is 3.58. The van der Waals surface area contributed by atoms with Crippen LogP contribution in [0, 0.1) is 0 Å². The summed E-state index contributed by atoms with van der Waals surface area (Å²) in [6.07, 6.45) is 8.22. The van der Waals surface area contributed by atoms with Gasteiger partial charge in [-0.25, -0.2) is 4.99 Å². The van der Waals surface area contributed by atoms with E-state index in [0.29, 0.717) is 0 Å². The van der Waals surface area contributed by atoms with Gasteiger partial charge in [-0.1, -0.05) is 12.7 Å². The Hall–Kier alpha value is -1.05. The summed E-state index contributed by atoms with van der Waals surface area (Å²) in [5, 5.41) is 0. The van der Waals surface area contributed by atoms with E-state index in [-0.39, 0.29) is 0 Å². The van der Waals surface area contributed by atoms with Crippen molar-refractivity contribution >= 4 is 6.21 Å². The van der Waals surface area contributed by atoms with Crippen molar-refractivity contribution in [2.45, 2.75) is 19.8 Å². The molecule has 0 aromatic rings. The number of likely N-dealkylation sites (tertiary alicyclic amines) is 1. The summed E-state index contributed by atoms with van der Waals surface area (Å²) < 4.78 is 0. The maximum absolute atomic E-state index is 4.22. The molecule has 1 aliphatic heterocycles. The monoisotopic (exact) mass is 164 g/mol. The SMILES string of the molecule is C=C(N=C/C=C\C)N1CCCC1. The molecule has 0 unspecified atom stereocenters. The van der Waals surface area contributed by atoms with Gasteiger partial charge in [0.2, 0.25) is 0 Å². The summed E-state index contributed by atoms with van der Waals surface area (Å²) >= 11 is 0. The van der Waals surface area contributed by atoms with E-state index in [1.54, 1.807) is 6.21 Å². The highest BCUT2D eigenvalue weighted by atomic mass is 15.2. The summed E-state index contributed by atoms with van der Waals surface area (Å²) in [7, 11) is 0. The third kappa shape index (κ3) is 2.53. The molecule has 66 valence electrons. The summed E-state index contributed by atoms with van der Waals surface area (Å²) in [5.74, 6) is 0.894. The van der Waals surface area contributed by atoms with E-state index in [0.717, 1.165) is 18.9 Å². The van der Waals surface area contributed by atoms with Gasteiger partial charge in [0.15, 0.2) is 0 Å². The Labute approximate surface area is 74.3 Å². The first-order valence-electron chi connectivity index (χ1n) is 4.44. The Balaban J connectivity index is 2.36. The molecule has 2 heteroatoms. The average molecular weight is 164 g/mol. The molecule has 1 fully saturated rings. The average Bonchev–Trinajstić information content (AvgIpc) is 2.56. The van der Waals surface area contributed by atoms with Crippen molar-refractivity contribution in [3.63, 3.8) is 0 Å². The van der Waals surface area contributed by atoms with E-state index in [4.69, 9.17) is 0 Å². The number of allylic oxidation sites excluding steroid dienone is 2. The van der Waals surface area contributed by atoms with E-state index >= 15 is 0 Å². The first-order chi connectivity index (χ1) is 5.84. The maximum atomic E-state index is 4.22. The normalized spacial score (nSPS) is 18.2. The van der Waals surface area contributed by atoms with E-state index in [1.807, 2.05) is 19.1 Å². The highest BCUT2D eigenvalue weighted by Gasteiger charge is 2.11. The lowest BCUT2D eigenvalue weighted by molar-refractivity contribution is 0.425. The van der Waals surface area contributed by atoms with Crippen LogP contribution in [0.2, 0.25) is 0 Å². The van der Waals surface area contributed by atoms with Crippen LogP contribution < -0.4 is 0 Å². The number of aliphatic imine (C=N–C) groups is 1. The second-order valence-corrected chi connectivity index (χ2v) is 2.91. The zero-order valence-electron chi connectivity index (χ0n) is 7.66. The van der Waals surface area contributed by atoms with Crippen LogP contribution in [0.25, 0.3) is 0 Å². The molecule has 12 heavy (non-hydrogen) atoms. The summed E-state index contributed by atoms with van der Waals surface area (Å²) in [4.78, 5) is 6.44. The fourth-order valence-corrected chi connectivity index (χ4v) is 1.27. The fraction of sp³-hybridized carbons (Fsp3) is 0.500. The Morgan fingerprint density at radius 2 is 2.08 bits per heavy atom. The van der Waals surface area contributed by atoms with Crippen LogP contribution in [-0.2, 0) is 0 Å². The van der Waals surface area contributed by atoms with Gasteiger partial charge < -0.3 is 4.90 Å². The van der Waals surface area contributed by atoms with E-state index < -0.39 is 0 Å². The molecule has 2 nitrogen and oxygen atoms in total. The van der Waals surface area contributed by atoms with Gasteiger partial charge in [0, 0.05) is 19.3 Å². The molecular weight excluding hydrogens is 148 g/mol. The molecule has 0 amide bonds. The van der Waals surface area contributed by atoms with Gasteiger partial charge in [0.25, 0.3) is 0 Å². The lowest BCUT2D eigenvalue weighted by atomic mass is 10.4. The molecule has 1 rings (SSSR count). The van der Waals surface area contributed by atoms with Gasteiger partial charge in [0.05, 0.1) is 0 Å². The van der Waals surface area contributed by atoms with Gasteiger partial charge in [-0.3, -0.25) is 0 Å². The van der Waals surface area contributed by atoms with Crippen LogP contribution in [0.3, 0.4) is 0 Å². The van der Waals surface area contributed by atoms with E-state index in [1.165, 1.54) is 12.8 Å². The number of nitrogens with zero attached hydrogens (tertiary/aromatic N) is 2. The highest BCUT2D eigenvalue weighted by Crippen LogP contribution is 2.13. The molecule has 1 aliphatic rings. The minimum absolute atomic E-state index is 0.894. The zero-order valence-corrected chi connectivity index (χ0v) is 7.66. The molecule has 0 spiro atoms. The molecule has 0 aromatic carbocycles. The summed E-state index contributed by atoms with van der Waals surface area (Å²) in [5.41, 5.74) is 0. The third-order valence-electron chi connectivity index (χ3n) is 1.97. The number of hydrogen-bond acceptors (Lipinski definition) is 2. The number of hydrogen-bond donors (Lipinski definition) is 0. The highest BCUT2D eigenvalue weighted by molar-refractivity contribution is 5.71. The molecule has 0 aromatic heterocycles. The largest absolute Gasteiger partial charge is 0.357 e. The lowest BCUT2D eigenvalue weighted by Crippen LogP contribution is -2.16. The van der Waals surface area contributed by atoms with Crippen LogP contribution in [-0.4, -0.2) is 24.2 Å². The van der Waals surface area contributed by atoms with Gasteiger partial charge in [0.1, 0.15) is 5.82 Å². The van der Waals surface area contributed by atoms with Crippen LogP contribution in [0.15, 0.2) is 29.5 Å². The van der Waals surface area contributed by atoms with Crippen molar-refractivity contribution in [3.05, 3.63) is 24.6 Å². The lowest BCUT2D eigenvalue weighted by Gasteiger charge is -2.15. The molecule has 0 saturated carbocycles. The Morgan fingerprint density at radius 3 is 2.67 bits per heavy atom. The van der Waals surface area contributed by atoms with Gasteiger partial charge in [-0.15, -0.1) is 0 Å². The molecule has 0 bridgehead atoms. The minimum Gasteiger partial charge on any atom is -0.357 e. The van der Waals surface area contributed by atoms with E-state index in [2.05, 4.69) is 16.5 Å². The zero-order chi connectivity index (χ0) is 8.81. The quantitative estimate of drug-likeness (QED) is 0.584. The van der Waals surface area contributed by atoms with Crippen molar-refractivity contribution in [2.75, 3.05) is 13.1 Å². The topological polar surface area (TPSA) is 15.6 Å². The van der Waals surface area contributed by atoms with Crippen molar-refractivity contribution in [1.29, 1.82) is 0 Å². The summed E-state index contributed by atoms with van der Waals surface area (Å²) in [6, 6.07) is 0. The molecule has 0 aliphatic carbocycles.